The fourth-order valence-electron chi connectivity index (χ4n) is 4.20. The molecule has 7 nitrogen and oxygen atoms in total. The number of ether oxygens (including phenoxy) is 1. The number of carbonyl (C=O) groups is 1. The number of alkyl halides is 1. The molecule has 2 heterocycles. The van der Waals surface area contributed by atoms with Crippen molar-refractivity contribution in [3.63, 3.8) is 0 Å². The predicted molar refractivity (Wildman–Crippen MR) is 104 cm³/mol. The molecule has 1 aliphatic heterocycles. The fraction of sp³-hybridized carbons (Fsp3) is 0.500. The summed E-state index contributed by atoms with van der Waals surface area (Å²) in [6.07, 6.45) is 3.66. The molecule has 29 heavy (non-hydrogen) atoms. The standard InChI is InChI=1S/C20H23F2N3O4/c1-29-18-15-12(17(26)13(19(27)28)9-25(15)11-2-3-11)8-14(22)16(18)24-7-5-20(23,10-24)4-6-21/h8-9,11H,2-7,10,23H2,1H3,(H,27,28). The van der Waals surface area contributed by atoms with E-state index in [0.717, 1.165) is 18.9 Å². The van der Waals surface area contributed by atoms with Crippen LogP contribution in [0.1, 0.15) is 42.1 Å². The van der Waals surface area contributed by atoms with Crippen LogP contribution in [-0.2, 0) is 0 Å². The SMILES string of the molecule is COc1c(N2CCC(N)(CCF)C2)c(F)cc2c(=O)c(C(=O)O)cn(C3CC3)c12. The minimum Gasteiger partial charge on any atom is -0.492 e. The van der Waals surface area contributed by atoms with Crippen LogP contribution in [0.4, 0.5) is 14.5 Å². The summed E-state index contributed by atoms with van der Waals surface area (Å²) in [6.45, 7) is 0.133. The van der Waals surface area contributed by atoms with Crippen LogP contribution < -0.4 is 20.8 Å². The third kappa shape index (κ3) is 3.23. The number of nitrogens with two attached hydrogens (primary N) is 1. The summed E-state index contributed by atoms with van der Waals surface area (Å²) in [6, 6.07) is 1.11. The van der Waals surface area contributed by atoms with Crippen molar-refractivity contribution in [2.24, 2.45) is 5.73 Å². The maximum Gasteiger partial charge on any atom is 0.341 e. The molecule has 1 aromatic heterocycles. The van der Waals surface area contributed by atoms with Crippen LogP contribution in [0, 0.1) is 5.82 Å². The molecule has 2 aliphatic rings. The third-order valence-corrected chi connectivity index (χ3v) is 5.87. The van der Waals surface area contributed by atoms with Crippen molar-refractivity contribution in [3.05, 3.63) is 33.9 Å². The highest BCUT2D eigenvalue weighted by molar-refractivity contribution is 5.97. The van der Waals surface area contributed by atoms with Gasteiger partial charge in [0.05, 0.1) is 24.7 Å². The average molecular weight is 407 g/mol. The second-order valence-electron chi connectivity index (χ2n) is 7.92. The van der Waals surface area contributed by atoms with Crippen LogP contribution in [0.2, 0.25) is 0 Å². The highest BCUT2D eigenvalue weighted by Gasteiger charge is 2.38. The Labute approximate surface area is 165 Å². The van der Waals surface area contributed by atoms with E-state index in [1.807, 2.05) is 0 Å². The summed E-state index contributed by atoms with van der Waals surface area (Å²) in [5.74, 6) is -1.88. The number of carboxylic acids is 1. The van der Waals surface area contributed by atoms with E-state index in [2.05, 4.69) is 0 Å². The number of halogens is 2. The van der Waals surface area contributed by atoms with Crippen molar-refractivity contribution in [2.75, 3.05) is 31.8 Å². The van der Waals surface area contributed by atoms with Crippen LogP contribution in [0.3, 0.4) is 0 Å². The second kappa shape index (κ2) is 6.98. The molecule has 2 aromatic rings. The van der Waals surface area contributed by atoms with Crippen LogP contribution >= 0.6 is 0 Å². The number of carboxylic acid groups (broad SMARTS) is 1. The minimum absolute atomic E-state index is 0.0297. The number of pyridine rings is 1. The molecule has 0 bridgehead atoms. The predicted octanol–water partition coefficient (Wildman–Crippen LogP) is 2.45. The van der Waals surface area contributed by atoms with Gasteiger partial charge >= 0.3 is 5.97 Å². The molecule has 3 N–H and O–H groups in total. The number of hydrogen-bond acceptors (Lipinski definition) is 5. The molecule has 1 saturated carbocycles. The van der Waals surface area contributed by atoms with E-state index in [4.69, 9.17) is 10.5 Å². The van der Waals surface area contributed by atoms with Gasteiger partial charge in [0.2, 0.25) is 5.43 Å². The summed E-state index contributed by atoms with van der Waals surface area (Å²) in [5, 5.41) is 9.36. The Morgan fingerprint density at radius 2 is 2.17 bits per heavy atom. The van der Waals surface area contributed by atoms with Crippen molar-refractivity contribution in [1.29, 1.82) is 0 Å². The number of nitrogens with zero attached hydrogens (tertiary/aromatic N) is 2. The Hall–Kier alpha value is -2.68. The first kappa shape index (κ1) is 19.6. The zero-order chi connectivity index (χ0) is 20.9. The third-order valence-electron chi connectivity index (χ3n) is 5.87. The largest absolute Gasteiger partial charge is 0.492 e. The van der Waals surface area contributed by atoms with Crippen molar-refractivity contribution in [3.8, 4) is 5.75 Å². The van der Waals surface area contributed by atoms with Gasteiger partial charge in [0.1, 0.15) is 11.3 Å². The Kier molecular flexibility index (Phi) is 4.72. The minimum atomic E-state index is -1.35. The highest BCUT2D eigenvalue weighted by Crippen LogP contribution is 2.44. The first-order valence-corrected chi connectivity index (χ1v) is 9.58. The van der Waals surface area contributed by atoms with Gasteiger partial charge in [-0.25, -0.2) is 9.18 Å². The maximum atomic E-state index is 15.2. The first-order valence-electron chi connectivity index (χ1n) is 9.58. The molecule has 0 amide bonds. The normalized spacial score (nSPS) is 21.7. The van der Waals surface area contributed by atoms with E-state index in [-0.39, 0.29) is 35.8 Å². The lowest BCUT2D eigenvalue weighted by Gasteiger charge is -2.27. The van der Waals surface area contributed by atoms with Crippen LogP contribution in [0.5, 0.6) is 5.75 Å². The van der Waals surface area contributed by atoms with Crippen molar-refractivity contribution in [1.82, 2.24) is 4.57 Å². The summed E-state index contributed by atoms with van der Waals surface area (Å²) in [4.78, 5) is 26.0. The molecule has 156 valence electrons. The lowest BCUT2D eigenvalue weighted by atomic mass is 9.97. The van der Waals surface area contributed by atoms with Gasteiger partial charge in [0.25, 0.3) is 0 Å². The van der Waals surface area contributed by atoms with E-state index in [1.165, 1.54) is 13.3 Å². The molecule has 4 rings (SSSR count). The topological polar surface area (TPSA) is 97.8 Å². The monoisotopic (exact) mass is 407 g/mol. The molecular weight excluding hydrogens is 384 g/mol. The number of rotatable bonds is 6. The first-order chi connectivity index (χ1) is 13.8. The molecule has 1 atom stereocenters. The molecule has 9 heteroatoms. The average Bonchev–Trinajstić information content (AvgIpc) is 3.44. The number of methoxy groups -OCH3 is 1. The molecule has 0 spiro atoms. The summed E-state index contributed by atoms with van der Waals surface area (Å²) in [5.41, 5.74) is 4.89. The number of benzene rings is 1. The highest BCUT2D eigenvalue weighted by atomic mass is 19.1. The van der Waals surface area contributed by atoms with Gasteiger partial charge in [-0.05, 0) is 31.7 Å². The Morgan fingerprint density at radius 1 is 1.45 bits per heavy atom. The summed E-state index contributed by atoms with van der Waals surface area (Å²) >= 11 is 0. The van der Waals surface area contributed by atoms with Gasteiger partial charge in [0.15, 0.2) is 11.6 Å². The Balaban J connectivity index is 1.95. The zero-order valence-corrected chi connectivity index (χ0v) is 16.1. The van der Waals surface area contributed by atoms with E-state index in [9.17, 15) is 19.1 Å². The molecule has 1 aromatic carbocycles. The van der Waals surface area contributed by atoms with Gasteiger partial charge in [-0.3, -0.25) is 9.18 Å². The quantitative estimate of drug-likeness (QED) is 0.763. The molecular formula is C20H23F2N3O4. The lowest BCUT2D eigenvalue weighted by Crippen LogP contribution is -2.43. The number of anilines is 1. The molecule has 2 fully saturated rings. The lowest BCUT2D eigenvalue weighted by molar-refractivity contribution is 0.0694. The summed E-state index contributed by atoms with van der Waals surface area (Å²) < 4.78 is 35.3. The number of aromatic carboxylic acids is 1. The van der Waals surface area contributed by atoms with Crippen molar-refractivity contribution in [2.45, 2.75) is 37.3 Å². The van der Waals surface area contributed by atoms with Crippen LogP contribution in [0.15, 0.2) is 17.1 Å². The van der Waals surface area contributed by atoms with Crippen LogP contribution in [-0.4, -0.2) is 48.1 Å². The fourth-order valence-corrected chi connectivity index (χ4v) is 4.20. The van der Waals surface area contributed by atoms with Crippen molar-refractivity contribution < 1.29 is 23.4 Å². The van der Waals surface area contributed by atoms with Gasteiger partial charge in [-0.1, -0.05) is 0 Å². The van der Waals surface area contributed by atoms with E-state index in [0.29, 0.717) is 18.5 Å². The van der Waals surface area contributed by atoms with Crippen molar-refractivity contribution >= 4 is 22.6 Å². The molecule has 1 unspecified atom stereocenters. The Bertz CT molecular complexity index is 1050. The van der Waals surface area contributed by atoms with E-state index >= 15 is 4.39 Å². The van der Waals surface area contributed by atoms with Gasteiger partial charge in [0, 0.05) is 30.9 Å². The van der Waals surface area contributed by atoms with E-state index < -0.39 is 35.0 Å². The molecule has 1 saturated heterocycles. The second-order valence-corrected chi connectivity index (χ2v) is 7.92. The number of fused-ring (bicyclic) bond motifs is 1. The van der Waals surface area contributed by atoms with Gasteiger partial charge < -0.3 is 25.0 Å². The maximum absolute atomic E-state index is 15.2. The van der Waals surface area contributed by atoms with Gasteiger partial charge in [-0.2, -0.15) is 0 Å². The zero-order valence-electron chi connectivity index (χ0n) is 16.1. The van der Waals surface area contributed by atoms with Gasteiger partial charge in [-0.15, -0.1) is 0 Å². The van der Waals surface area contributed by atoms with Crippen LogP contribution in [0.25, 0.3) is 10.9 Å². The summed E-state index contributed by atoms with van der Waals surface area (Å²) in [7, 11) is 1.39. The molecule has 0 radical (unpaired) electrons. The molecule has 1 aliphatic carbocycles. The smallest absolute Gasteiger partial charge is 0.341 e. The van der Waals surface area contributed by atoms with E-state index in [1.54, 1.807) is 9.47 Å². The number of aromatic nitrogens is 1. The Morgan fingerprint density at radius 3 is 2.76 bits per heavy atom. The number of hydrogen-bond donors (Lipinski definition) is 2.